The molecule has 1 aromatic heterocycles. The lowest BCUT2D eigenvalue weighted by Crippen LogP contribution is -2.32. The number of pyridine rings is 1. The maximum absolute atomic E-state index is 11.4. The van der Waals surface area contributed by atoms with Gasteiger partial charge >= 0.3 is 0 Å². The van der Waals surface area contributed by atoms with Crippen molar-refractivity contribution in [2.24, 2.45) is 7.05 Å². The lowest BCUT2D eigenvalue weighted by Gasteiger charge is -2.11. The maximum Gasteiger partial charge on any atom is 0.221 e. The molecule has 0 aliphatic carbocycles. The summed E-state index contributed by atoms with van der Waals surface area (Å²) >= 11 is 0. The van der Waals surface area contributed by atoms with Gasteiger partial charge in [-0.25, -0.2) is 0 Å². The summed E-state index contributed by atoms with van der Waals surface area (Å²) < 4.78 is 2.18. The Bertz CT molecular complexity index is 1150. The zero-order valence-corrected chi connectivity index (χ0v) is 14.8. The second-order valence-corrected chi connectivity index (χ2v) is 6.49. The third-order valence-corrected chi connectivity index (χ3v) is 4.67. The van der Waals surface area contributed by atoms with Gasteiger partial charge in [-0.15, -0.1) is 0 Å². The molecule has 3 aromatic carbocycles. The number of carbonyl (C=O) groups is 1. The number of nitrogens with zero attached hydrogens (tertiary/aromatic N) is 1. The van der Waals surface area contributed by atoms with E-state index in [0.717, 1.165) is 33.5 Å². The third kappa shape index (κ3) is 2.65. The lowest BCUT2D eigenvalue weighted by molar-refractivity contribution is -0.632. The first kappa shape index (κ1) is 16.1. The van der Waals surface area contributed by atoms with Crippen LogP contribution in [0, 0.1) is 0 Å². The first-order valence-corrected chi connectivity index (χ1v) is 8.52. The van der Waals surface area contributed by atoms with E-state index in [9.17, 15) is 4.79 Å². The van der Waals surface area contributed by atoms with Crippen LogP contribution >= 0.6 is 0 Å². The summed E-state index contributed by atoms with van der Waals surface area (Å²) in [6, 6.07) is 22.3. The molecule has 0 fully saturated rings. The first-order chi connectivity index (χ1) is 12.5. The fraction of sp³-hybridized carbons (Fsp3) is 0.0909. The Morgan fingerprint density at radius 1 is 0.923 bits per heavy atom. The Morgan fingerprint density at radius 3 is 2.31 bits per heavy atom. The third-order valence-electron chi connectivity index (χ3n) is 4.67. The van der Waals surface area contributed by atoms with Gasteiger partial charge in [0.15, 0.2) is 0 Å². The second kappa shape index (κ2) is 6.15. The highest BCUT2D eigenvalue weighted by Gasteiger charge is 2.20. The van der Waals surface area contributed by atoms with E-state index in [1.807, 2.05) is 36.4 Å². The minimum atomic E-state index is -0.0773. The number of benzene rings is 3. The average molecular weight is 342 g/mol. The molecule has 26 heavy (non-hydrogen) atoms. The Balaban J connectivity index is 2.09. The number of fused-ring (bicyclic) bond motifs is 3. The van der Waals surface area contributed by atoms with Gasteiger partial charge in [-0.05, 0) is 42.5 Å². The van der Waals surface area contributed by atoms with Crippen LogP contribution in [0.25, 0.3) is 32.9 Å². The minimum absolute atomic E-state index is 0.0773. The molecule has 0 radical (unpaired) electrons. The van der Waals surface area contributed by atoms with Crippen molar-refractivity contribution < 1.29 is 9.36 Å². The van der Waals surface area contributed by atoms with Gasteiger partial charge in [0.25, 0.3) is 0 Å². The molecule has 0 aliphatic heterocycles. The Morgan fingerprint density at radius 2 is 1.62 bits per heavy atom. The number of hydrogen-bond acceptors (Lipinski definition) is 2. The summed E-state index contributed by atoms with van der Waals surface area (Å²) in [5.74, 6) is -0.0773. The minimum Gasteiger partial charge on any atom is -0.399 e. The molecule has 0 saturated heterocycles. The molecule has 4 nitrogen and oxygen atoms in total. The zero-order chi connectivity index (χ0) is 18.3. The normalized spacial score (nSPS) is 11.0. The Hall–Kier alpha value is -3.40. The first-order valence-electron chi connectivity index (χ1n) is 8.52. The van der Waals surface area contributed by atoms with Crippen LogP contribution < -0.4 is 15.6 Å². The van der Waals surface area contributed by atoms with E-state index in [1.54, 1.807) is 0 Å². The van der Waals surface area contributed by atoms with Gasteiger partial charge < -0.3 is 11.1 Å². The number of nitrogens with two attached hydrogens (primary N) is 1. The summed E-state index contributed by atoms with van der Waals surface area (Å²) in [4.78, 5) is 11.4. The molecule has 0 atom stereocenters. The van der Waals surface area contributed by atoms with Crippen molar-refractivity contribution in [1.82, 2.24) is 0 Å². The fourth-order valence-corrected chi connectivity index (χ4v) is 3.53. The molecule has 4 aromatic rings. The van der Waals surface area contributed by atoms with Crippen LogP contribution in [0.2, 0.25) is 0 Å². The molecule has 3 N–H and O–H groups in total. The number of aromatic nitrogens is 1. The van der Waals surface area contributed by atoms with E-state index in [2.05, 4.69) is 47.3 Å². The summed E-state index contributed by atoms with van der Waals surface area (Å²) in [5, 5.41) is 6.38. The highest BCUT2D eigenvalue weighted by molar-refractivity contribution is 6.09. The molecular weight excluding hydrogens is 322 g/mol. The van der Waals surface area contributed by atoms with Crippen molar-refractivity contribution in [3.05, 3.63) is 66.7 Å². The molecule has 0 spiro atoms. The van der Waals surface area contributed by atoms with Crippen LogP contribution in [-0.2, 0) is 11.8 Å². The average Bonchev–Trinajstić information content (AvgIpc) is 2.63. The molecular formula is C22H20N3O+. The molecule has 128 valence electrons. The summed E-state index contributed by atoms with van der Waals surface area (Å²) in [7, 11) is 2.05. The van der Waals surface area contributed by atoms with Crippen LogP contribution in [0.1, 0.15) is 6.92 Å². The van der Waals surface area contributed by atoms with Gasteiger partial charge in [0.1, 0.15) is 7.05 Å². The molecule has 0 bridgehead atoms. The van der Waals surface area contributed by atoms with Crippen LogP contribution in [0.3, 0.4) is 0 Å². The van der Waals surface area contributed by atoms with Gasteiger partial charge in [-0.1, -0.05) is 18.2 Å². The van der Waals surface area contributed by atoms with Gasteiger partial charge in [-0.3, -0.25) is 4.79 Å². The summed E-state index contributed by atoms with van der Waals surface area (Å²) in [6.45, 7) is 1.52. The number of aryl methyl sites for hydroxylation is 1. The number of carbonyl (C=O) groups excluding carboxylic acids is 1. The van der Waals surface area contributed by atoms with Crippen LogP contribution in [0.15, 0.2) is 66.7 Å². The van der Waals surface area contributed by atoms with Gasteiger partial charge in [0.05, 0.1) is 10.8 Å². The van der Waals surface area contributed by atoms with Gasteiger partial charge in [-0.2, -0.15) is 4.57 Å². The summed E-state index contributed by atoms with van der Waals surface area (Å²) in [6.07, 6.45) is 0. The summed E-state index contributed by atoms with van der Waals surface area (Å²) in [5.41, 5.74) is 10.7. The number of rotatable bonds is 2. The van der Waals surface area contributed by atoms with E-state index in [1.165, 1.54) is 17.7 Å². The van der Waals surface area contributed by atoms with Crippen molar-refractivity contribution in [3.8, 4) is 11.3 Å². The van der Waals surface area contributed by atoms with Crippen molar-refractivity contribution in [3.63, 3.8) is 0 Å². The monoisotopic (exact) mass is 342 g/mol. The molecule has 1 heterocycles. The predicted molar refractivity (Wildman–Crippen MR) is 107 cm³/mol. The fourth-order valence-electron chi connectivity index (χ4n) is 3.53. The van der Waals surface area contributed by atoms with Crippen molar-refractivity contribution in [2.45, 2.75) is 6.92 Å². The molecule has 0 unspecified atom stereocenters. The van der Waals surface area contributed by atoms with E-state index in [0.29, 0.717) is 0 Å². The van der Waals surface area contributed by atoms with E-state index < -0.39 is 0 Å². The number of hydrogen-bond donors (Lipinski definition) is 2. The van der Waals surface area contributed by atoms with Crippen LogP contribution in [-0.4, -0.2) is 5.91 Å². The smallest absolute Gasteiger partial charge is 0.221 e. The van der Waals surface area contributed by atoms with Crippen molar-refractivity contribution in [1.29, 1.82) is 0 Å². The highest BCUT2D eigenvalue weighted by Crippen LogP contribution is 2.32. The quantitative estimate of drug-likeness (QED) is 0.328. The molecule has 4 rings (SSSR count). The lowest BCUT2D eigenvalue weighted by atomic mass is 9.99. The number of amides is 1. The second-order valence-electron chi connectivity index (χ2n) is 6.49. The molecule has 0 aliphatic rings. The number of nitrogen functional groups attached to an aromatic ring is 1. The Kier molecular flexibility index (Phi) is 3.81. The topological polar surface area (TPSA) is 59.0 Å². The number of nitrogens with one attached hydrogen (secondary N) is 1. The predicted octanol–water partition coefficient (Wildman–Crippen LogP) is 4.03. The number of anilines is 2. The van der Waals surface area contributed by atoms with E-state index in [4.69, 9.17) is 5.73 Å². The van der Waals surface area contributed by atoms with Crippen LogP contribution in [0.4, 0.5) is 11.4 Å². The molecule has 4 heteroatoms. The highest BCUT2D eigenvalue weighted by atomic mass is 16.1. The Labute approximate surface area is 151 Å². The van der Waals surface area contributed by atoms with Gasteiger partial charge in [0, 0.05) is 35.3 Å². The molecule has 0 saturated carbocycles. The van der Waals surface area contributed by atoms with E-state index >= 15 is 0 Å². The zero-order valence-electron chi connectivity index (χ0n) is 14.8. The SMILES string of the molecule is CC(=O)Nc1ccc2c3ccccc3c(-c3ccc(N)cc3)[n+](C)c2c1. The standard InChI is InChI=1S/C22H19N3O/c1-14(26)24-17-11-12-19-18-5-3-4-6-20(18)22(25(2)21(19)13-17)15-7-9-16(23)10-8-15/h3-13H,1-2H3,(H2,23,24,26)/p+1. The van der Waals surface area contributed by atoms with E-state index in [-0.39, 0.29) is 5.91 Å². The van der Waals surface area contributed by atoms with Crippen LogP contribution in [0.5, 0.6) is 0 Å². The maximum atomic E-state index is 11.4. The van der Waals surface area contributed by atoms with Crippen molar-refractivity contribution >= 4 is 39.0 Å². The van der Waals surface area contributed by atoms with Gasteiger partial charge in [0.2, 0.25) is 17.1 Å². The van der Waals surface area contributed by atoms with Crippen molar-refractivity contribution in [2.75, 3.05) is 11.1 Å². The molecule has 1 amide bonds. The largest absolute Gasteiger partial charge is 0.399 e.